The second-order valence-corrected chi connectivity index (χ2v) is 5.75. The van der Waals surface area contributed by atoms with E-state index in [0.717, 1.165) is 0 Å². The van der Waals surface area contributed by atoms with E-state index in [4.69, 9.17) is 5.11 Å². The summed E-state index contributed by atoms with van der Waals surface area (Å²) in [5, 5.41) is 21.3. The van der Waals surface area contributed by atoms with Gasteiger partial charge in [0.25, 0.3) is 0 Å². The highest BCUT2D eigenvalue weighted by Crippen LogP contribution is 2.58. The lowest BCUT2D eigenvalue weighted by molar-refractivity contribution is -0.140. The molecule has 0 aromatic carbocycles. The minimum atomic E-state index is -0.928. The highest BCUT2D eigenvalue weighted by atomic mass is 16.4. The first kappa shape index (κ1) is 15.0. The molecule has 1 aliphatic rings. The van der Waals surface area contributed by atoms with Gasteiger partial charge < -0.3 is 15.5 Å². The number of amides is 1. The van der Waals surface area contributed by atoms with E-state index in [-0.39, 0.29) is 12.5 Å². The largest absolute Gasteiger partial charge is 0.481 e. The monoisotopic (exact) mass is 257 g/mol. The Morgan fingerprint density at radius 2 is 1.72 bits per heavy atom. The lowest BCUT2D eigenvalue weighted by Crippen LogP contribution is -2.51. The van der Waals surface area contributed by atoms with Crippen molar-refractivity contribution < 1.29 is 19.8 Å². The summed E-state index contributed by atoms with van der Waals surface area (Å²) in [5.41, 5.74) is -1.13. The lowest BCUT2D eigenvalue weighted by atomic mass is 9.93. The van der Waals surface area contributed by atoms with Crippen molar-refractivity contribution in [3.8, 4) is 0 Å². The van der Waals surface area contributed by atoms with Gasteiger partial charge in [-0.05, 0) is 18.3 Å². The van der Waals surface area contributed by atoms with Crippen LogP contribution in [-0.4, -0.2) is 34.2 Å². The number of rotatable bonds is 6. The van der Waals surface area contributed by atoms with Crippen molar-refractivity contribution >= 4 is 11.9 Å². The van der Waals surface area contributed by atoms with Crippen LogP contribution in [0, 0.1) is 17.3 Å². The van der Waals surface area contributed by atoms with Gasteiger partial charge in [-0.3, -0.25) is 9.59 Å². The van der Waals surface area contributed by atoms with Crippen molar-refractivity contribution in [2.24, 2.45) is 17.3 Å². The molecule has 18 heavy (non-hydrogen) atoms. The molecule has 0 heterocycles. The summed E-state index contributed by atoms with van der Waals surface area (Å²) >= 11 is 0. The molecule has 5 heteroatoms. The molecule has 0 radical (unpaired) electrons. The molecular weight excluding hydrogens is 234 g/mol. The molecular formula is C13H23NO4. The fraction of sp³-hybridized carbons (Fsp3) is 0.846. The van der Waals surface area contributed by atoms with Crippen LogP contribution in [0.4, 0.5) is 0 Å². The molecule has 104 valence electrons. The van der Waals surface area contributed by atoms with E-state index in [9.17, 15) is 14.7 Å². The number of carboxylic acids is 1. The Hall–Kier alpha value is -1.10. The average Bonchev–Trinajstić information content (AvgIpc) is 2.90. The molecule has 1 fully saturated rings. The molecule has 0 spiro atoms. The molecule has 2 unspecified atom stereocenters. The van der Waals surface area contributed by atoms with Crippen molar-refractivity contribution in [2.75, 3.05) is 6.61 Å². The summed E-state index contributed by atoms with van der Waals surface area (Å²) < 4.78 is 0. The first-order chi connectivity index (χ1) is 8.25. The fourth-order valence-corrected chi connectivity index (χ4v) is 2.62. The van der Waals surface area contributed by atoms with Crippen LogP contribution < -0.4 is 5.32 Å². The second kappa shape index (κ2) is 4.88. The summed E-state index contributed by atoms with van der Waals surface area (Å²) in [5.74, 6) is -2.31. The Balaban J connectivity index is 2.76. The van der Waals surface area contributed by atoms with Crippen LogP contribution in [0.25, 0.3) is 0 Å². The fourth-order valence-electron chi connectivity index (χ4n) is 2.62. The molecule has 0 aliphatic heterocycles. The van der Waals surface area contributed by atoms with E-state index in [1.165, 1.54) is 0 Å². The Bertz CT molecular complexity index is 339. The lowest BCUT2D eigenvalue weighted by Gasteiger charge is -2.31. The molecule has 2 atom stereocenters. The van der Waals surface area contributed by atoms with Crippen molar-refractivity contribution in [3.63, 3.8) is 0 Å². The molecule has 0 aromatic rings. The number of carbonyl (C=O) groups excluding carboxylic acids is 1. The number of aliphatic hydroxyl groups is 1. The number of aliphatic hydroxyl groups excluding tert-OH is 1. The Kier molecular flexibility index (Phi) is 4.05. The predicted molar refractivity (Wildman–Crippen MR) is 66.9 cm³/mol. The zero-order valence-electron chi connectivity index (χ0n) is 11.5. The average molecular weight is 257 g/mol. The maximum atomic E-state index is 12.1. The van der Waals surface area contributed by atoms with Crippen LogP contribution >= 0.6 is 0 Å². The van der Waals surface area contributed by atoms with Crippen LogP contribution in [0.1, 0.15) is 40.5 Å². The zero-order chi connectivity index (χ0) is 14.1. The van der Waals surface area contributed by atoms with Gasteiger partial charge in [-0.2, -0.15) is 0 Å². The van der Waals surface area contributed by atoms with Gasteiger partial charge in [0.15, 0.2) is 0 Å². The molecule has 5 nitrogen and oxygen atoms in total. The number of aliphatic carboxylic acids is 1. The maximum absolute atomic E-state index is 12.1. The van der Waals surface area contributed by atoms with E-state index in [1.807, 2.05) is 13.8 Å². The van der Waals surface area contributed by atoms with Gasteiger partial charge in [0.05, 0.1) is 24.0 Å². The van der Waals surface area contributed by atoms with E-state index in [1.54, 1.807) is 13.8 Å². The summed E-state index contributed by atoms with van der Waals surface area (Å²) in [6, 6.07) is 0. The summed E-state index contributed by atoms with van der Waals surface area (Å²) in [6.45, 7) is 7.24. The van der Waals surface area contributed by atoms with E-state index in [2.05, 4.69) is 5.32 Å². The predicted octanol–water partition coefficient (Wildman–Crippen LogP) is 1.01. The van der Waals surface area contributed by atoms with Crippen molar-refractivity contribution in [2.45, 2.75) is 46.1 Å². The third kappa shape index (κ3) is 2.36. The second-order valence-electron chi connectivity index (χ2n) is 5.75. The Labute approximate surface area is 108 Å². The zero-order valence-corrected chi connectivity index (χ0v) is 11.5. The minimum absolute atomic E-state index is 0.128. The van der Waals surface area contributed by atoms with E-state index in [0.29, 0.717) is 12.8 Å². The molecule has 1 amide bonds. The number of hydrogen-bond donors (Lipinski definition) is 3. The molecule has 0 bridgehead atoms. The smallest absolute Gasteiger partial charge is 0.307 e. The van der Waals surface area contributed by atoms with Crippen LogP contribution in [-0.2, 0) is 9.59 Å². The van der Waals surface area contributed by atoms with E-state index >= 15 is 0 Å². The third-order valence-corrected chi connectivity index (χ3v) is 4.42. The highest BCUT2D eigenvalue weighted by molar-refractivity contribution is 5.92. The quantitative estimate of drug-likeness (QED) is 0.663. The van der Waals surface area contributed by atoms with Gasteiger partial charge in [0.2, 0.25) is 5.91 Å². The minimum Gasteiger partial charge on any atom is -0.481 e. The summed E-state index contributed by atoms with van der Waals surface area (Å²) in [4.78, 5) is 23.2. The van der Waals surface area contributed by atoms with Crippen LogP contribution in [0.2, 0.25) is 0 Å². The molecule has 3 N–H and O–H groups in total. The van der Waals surface area contributed by atoms with Crippen molar-refractivity contribution in [1.82, 2.24) is 5.32 Å². The molecule has 0 aromatic heterocycles. The normalized spacial score (nSPS) is 25.6. The first-order valence-corrected chi connectivity index (χ1v) is 6.41. The third-order valence-electron chi connectivity index (χ3n) is 4.42. The maximum Gasteiger partial charge on any atom is 0.307 e. The van der Waals surface area contributed by atoms with Crippen LogP contribution in [0.5, 0.6) is 0 Å². The van der Waals surface area contributed by atoms with Crippen LogP contribution in [0.3, 0.4) is 0 Å². The Morgan fingerprint density at radius 3 is 2.00 bits per heavy atom. The summed E-state index contributed by atoms with van der Waals surface area (Å²) in [6.07, 6.45) is 1.24. The number of carbonyl (C=O) groups is 2. The molecule has 1 rings (SSSR count). The number of nitrogens with one attached hydrogen (secondary N) is 1. The topological polar surface area (TPSA) is 86.6 Å². The number of carboxylic acid groups (broad SMARTS) is 1. The van der Waals surface area contributed by atoms with Crippen LogP contribution in [0.15, 0.2) is 0 Å². The number of hydrogen-bond acceptors (Lipinski definition) is 3. The SMILES string of the molecule is CCC(CC)(CO)NC(=O)C1C(C(=O)O)C1(C)C. The molecule has 1 aliphatic carbocycles. The summed E-state index contributed by atoms with van der Waals surface area (Å²) in [7, 11) is 0. The van der Waals surface area contributed by atoms with Gasteiger partial charge >= 0.3 is 5.97 Å². The first-order valence-electron chi connectivity index (χ1n) is 6.41. The van der Waals surface area contributed by atoms with Crippen molar-refractivity contribution in [3.05, 3.63) is 0 Å². The highest BCUT2D eigenvalue weighted by Gasteiger charge is 2.66. The molecule has 0 saturated heterocycles. The van der Waals surface area contributed by atoms with Crippen molar-refractivity contribution in [1.29, 1.82) is 0 Å². The van der Waals surface area contributed by atoms with Gasteiger partial charge in [-0.25, -0.2) is 0 Å². The Morgan fingerprint density at radius 1 is 1.22 bits per heavy atom. The van der Waals surface area contributed by atoms with Gasteiger partial charge in [-0.15, -0.1) is 0 Å². The van der Waals surface area contributed by atoms with Gasteiger partial charge in [0, 0.05) is 0 Å². The van der Waals surface area contributed by atoms with Gasteiger partial charge in [0.1, 0.15) is 0 Å². The van der Waals surface area contributed by atoms with Gasteiger partial charge in [-0.1, -0.05) is 27.7 Å². The standard InChI is InChI=1S/C13H23NO4/c1-5-13(6-2,7-15)14-10(16)8-9(11(17)18)12(8,3)4/h8-9,15H,5-7H2,1-4H3,(H,14,16)(H,17,18). The molecule has 1 saturated carbocycles. The van der Waals surface area contributed by atoms with E-state index < -0.39 is 28.8 Å².